The first kappa shape index (κ1) is 18.2. The van der Waals surface area contributed by atoms with E-state index in [0.717, 1.165) is 57.7 Å². The van der Waals surface area contributed by atoms with Crippen molar-refractivity contribution in [3.05, 3.63) is 75.6 Å². The maximum absolute atomic E-state index is 13.2. The number of thiazole rings is 1. The summed E-state index contributed by atoms with van der Waals surface area (Å²) in [6.45, 7) is 0.370. The number of nitrogens with one attached hydrogen (secondary N) is 1. The second-order valence-electron chi connectivity index (χ2n) is 7.00. The molecule has 5 nitrogen and oxygen atoms in total. The maximum Gasteiger partial charge on any atom is 0.252 e. The van der Waals surface area contributed by atoms with Crippen LogP contribution in [0.1, 0.15) is 33.7 Å². The number of carbonyl (C=O) groups excluding carboxylic acids is 1. The molecule has 5 rings (SSSR count). The van der Waals surface area contributed by atoms with E-state index in [4.69, 9.17) is 16.6 Å². The van der Waals surface area contributed by atoms with Crippen molar-refractivity contribution in [3.8, 4) is 10.6 Å². The Morgan fingerprint density at radius 3 is 3.00 bits per heavy atom. The third kappa shape index (κ3) is 3.50. The van der Waals surface area contributed by atoms with Crippen LogP contribution >= 0.6 is 22.9 Å². The van der Waals surface area contributed by atoms with E-state index in [1.807, 2.05) is 35.7 Å². The fraction of sp³-hybridized carbons (Fsp3) is 0.182. The van der Waals surface area contributed by atoms with Gasteiger partial charge in [-0.1, -0.05) is 11.6 Å². The number of amides is 1. The lowest BCUT2D eigenvalue weighted by atomic mass is 10.0. The van der Waals surface area contributed by atoms with Gasteiger partial charge in [-0.3, -0.25) is 14.8 Å². The van der Waals surface area contributed by atoms with Crippen molar-refractivity contribution in [2.45, 2.75) is 25.8 Å². The molecular weight excluding hydrogens is 404 g/mol. The largest absolute Gasteiger partial charge is 0.346 e. The number of aromatic nitrogens is 3. The van der Waals surface area contributed by atoms with Crippen molar-refractivity contribution < 1.29 is 4.79 Å². The minimum Gasteiger partial charge on any atom is -0.346 e. The summed E-state index contributed by atoms with van der Waals surface area (Å²) in [6.07, 6.45) is 6.33. The van der Waals surface area contributed by atoms with Crippen LogP contribution < -0.4 is 5.32 Å². The van der Waals surface area contributed by atoms with Crippen molar-refractivity contribution in [3.63, 3.8) is 0 Å². The van der Waals surface area contributed by atoms with Crippen molar-refractivity contribution in [2.75, 3.05) is 0 Å². The van der Waals surface area contributed by atoms with Crippen LogP contribution in [-0.2, 0) is 19.4 Å². The van der Waals surface area contributed by atoms with Gasteiger partial charge in [-0.2, -0.15) is 0 Å². The molecule has 1 N–H and O–H groups in total. The summed E-state index contributed by atoms with van der Waals surface area (Å²) in [6, 6.07) is 9.40. The normalized spacial score (nSPS) is 12.9. The van der Waals surface area contributed by atoms with Crippen LogP contribution in [0.5, 0.6) is 0 Å². The third-order valence-electron chi connectivity index (χ3n) is 5.09. The minimum absolute atomic E-state index is 0.103. The number of aryl methyl sites for hydroxylation is 1. The molecular formula is C22H17ClN4OS. The highest BCUT2D eigenvalue weighted by molar-refractivity contribution is 7.13. The van der Waals surface area contributed by atoms with E-state index in [1.165, 1.54) is 0 Å². The smallest absolute Gasteiger partial charge is 0.252 e. The molecule has 0 radical (unpaired) electrons. The zero-order valence-electron chi connectivity index (χ0n) is 15.5. The molecule has 0 spiro atoms. The summed E-state index contributed by atoms with van der Waals surface area (Å²) in [5.74, 6) is -0.103. The van der Waals surface area contributed by atoms with Gasteiger partial charge in [0.25, 0.3) is 5.91 Å². The Morgan fingerprint density at radius 2 is 2.14 bits per heavy atom. The first-order valence-electron chi connectivity index (χ1n) is 9.43. The lowest BCUT2D eigenvalue weighted by molar-refractivity contribution is 0.0951. The van der Waals surface area contributed by atoms with E-state index in [2.05, 4.69) is 15.3 Å². The van der Waals surface area contributed by atoms with Gasteiger partial charge in [0.1, 0.15) is 5.01 Å². The molecule has 144 valence electrons. The first-order chi connectivity index (χ1) is 14.2. The molecule has 7 heteroatoms. The predicted octanol–water partition coefficient (Wildman–Crippen LogP) is 4.83. The van der Waals surface area contributed by atoms with E-state index in [9.17, 15) is 4.79 Å². The van der Waals surface area contributed by atoms with Crippen LogP contribution in [0.25, 0.3) is 21.5 Å². The van der Waals surface area contributed by atoms with Gasteiger partial charge >= 0.3 is 0 Å². The number of fused-ring (bicyclic) bond motifs is 2. The lowest BCUT2D eigenvalue weighted by Crippen LogP contribution is -2.25. The number of pyridine rings is 2. The average molecular weight is 421 g/mol. The van der Waals surface area contributed by atoms with Gasteiger partial charge in [0.2, 0.25) is 0 Å². The van der Waals surface area contributed by atoms with E-state index < -0.39 is 0 Å². The fourth-order valence-corrected chi connectivity index (χ4v) is 4.75. The van der Waals surface area contributed by atoms with E-state index >= 15 is 0 Å². The quantitative estimate of drug-likeness (QED) is 0.513. The molecule has 1 aliphatic carbocycles. The van der Waals surface area contributed by atoms with Gasteiger partial charge in [0.05, 0.1) is 23.3 Å². The lowest BCUT2D eigenvalue weighted by Gasteiger charge is -2.12. The average Bonchev–Trinajstić information content (AvgIpc) is 3.40. The number of carbonyl (C=O) groups is 1. The Kier molecular flexibility index (Phi) is 4.73. The zero-order valence-corrected chi connectivity index (χ0v) is 17.1. The molecule has 1 aliphatic rings. The topological polar surface area (TPSA) is 67.8 Å². The monoisotopic (exact) mass is 420 g/mol. The Hall–Kier alpha value is -2.83. The van der Waals surface area contributed by atoms with Crippen LogP contribution in [0.2, 0.25) is 5.02 Å². The van der Waals surface area contributed by atoms with Gasteiger partial charge in [0, 0.05) is 39.4 Å². The van der Waals surface area contributed by atoms with Gasteiger partial charge in [0.15, 0.2) is 0 Å². The number of hydrogen-bond acceptors (Lipinski definition) is 5. The van der Waals surface area contributed by atoms with Crippen LogP contribution in [0.4, 0.5) is 0 Å². The number of rotatable bonds is 4. The minimum atomic E-state index is -0.103. The third-order valence-corrected chi connectivity index (χ3v) is 6.27. The van der Waals surface area contributed by atoms with Crippen molar-refractivity contribution >= 4 is 39.7 Å². The molecule has 0 atom stereocenters. The van der Waals surface area contributed by atoms with Crippen LogP contribution in [-0.4, -0.2) is 20.9 Å². The Labute approximate surface area is 176 Å². The van der Waals surface area contributed by atoms with Crippen LogP contribution in [0.3, 0.4) is 0 Å². The molecule has 0 unspecified atom stereocenters. The standard InChI is InChI=1S/C22H17ClN4OS/c23-14-6-7-19-17(9-14)20(16-4-1-5-18(16)27-19)21(28)25-11-15-12-29-22(26-15)13-3-2-8-24-10-13/h2-3,6-10,12H,1,4-5,11H2,(H,25,28). The van der Waals surface area contributed by atoms with Crippen molar-refractivity contribution in [1.29, 1.82) is 0 Å². The van der Waals surface area contributed by atoms with E-state index in [-0.39, 0.29) is 5.91 Å². The van der Waals surface area contributed by atoms with Crippen LogP contribution in [0.15, 0.2) is 48.1 Å². The highest BCUT2D eigenvalue weighted by Crippen LogP contribution is 2.31. The van der Waals surface area contributed by atoms with E-state index in [0.29, 0.717) is 17.1 Å². The molecule has 29 heavy (non-hydrogen) atoms. The molecule has 1 amide bonds. The zero-order chi connectivity index (χ0) is 19.8. The SMILES string of the molecule is O=C(NCc1csc(-c2cccnc2)n1)c1c2c(nc3ccc(Cl)cc13)CCC2. The Bertz CT molecular complexity index is 1220. The number of halogens is 1. The predicted molar refractivity (Wildman–Crippen MR) is 115 cm³/mol. The highest BCUT2D eigenvalue weighted by atomic mass is 35.5. The fourth-order valence-electron chi connectivity index (χ4n) is 3.76. The molecule has 0 fully saturated rings. The molecule has 0 bridgehead atoms. The molecule has 4 aromatic rings. The second-order valence-corrected chi connectivity index (χ2v) is 8.29. The number of nitrogens with zero attached hydrogens (tertiary/aromatic N) is 3. The van der Waals surface area contributed by atoms with Gasteiger partial charge in [-0.05, 0) is 55.2 Å². The molecule has 3 aromatic heterocycles. The van der Waals surface area contributed by atoms with Gasteiger partial charge < -0.3 is 5.32 Å². The first-order valence-corrected chi connectivity index (χ1v) is 10.7. The highest BCUT2D eigenvalue weighted by Gasteiger charge is 2.24. The molecule has 0 aliphatic heterocycles. The van der Waals surface area contributed by atoms with Crippen molar-refractivity contribution in [2.24, 2.45) is 0 Å². The summed E-state index contributed by atoms with van der Waals surface area (Å²) in [4.78, 5) is 26.7. The Balaban J connectivity index is 1.43. The second kappa shape index (κ2) is 7.54. The molecule has 3 heterocycles. The molecule has 1 aromatic carbocycles. The van der Waals surface area contributed by atoms with Gasteiger partial charge in [-0.15, -0.1) is 11.3 Å². The Morgan fingerprint density at radius 1 is 1.21 bits per heavy atom. The van der Waals surface area contributed by atoms with Crippen molar-refractivity contribution in [1.82, 2.24) is 20.3 Å². The number of hydrogen-bond donors (Lipinski definition) is 1. The number of benzene rings is 1. The maximum atomic E-state index is 13.2. The summed E-state index contributed by atoms with van der Waals surface area (Å²) >= 11 is 7.75. The van der Waals surface area contributed by atoms with Crippen LogP contribution in [0, 0.1) is 0 Å². The summed E-state index contributed by atoms with van der Waals surface area (Å²) in [5.41, 5.74) is 5.39. The summed E-state index contributed by atoms with van der Waals surface area (Å²) < 4.78 is 0. The van der Waals surface area contributed by atoms with Gasteiger partial charge in [-0.25, -0.2) is 4.98 Å². The summed E-state index contributed by atoms with van der Waals surface area (Å²) in [7, 11) is 0. The molecule has 0 saturated heterocycles. The summed E-state index contributed by atoms with van der Waals surface area (Å²) in [5, 5.41) is 7.31. The molecule has 0 saturated carbocycles. The van der Waals surface area contributed by atoms with E-state index in [1.54, 1.807) is 23.7 Å².